The van der Waals surface area contributed by atoms with E-state index in [1.165, 1.54) is 0 Å². The minimum Gasteiger partial charge on any atom is -0.381 e. The summed E-state index contributed by atoms with van der Waals surface area (Å²) in [7, 11) is 0. The van der Waals surface area contributed by atoms with Crippen LogP contribution in [-0.4, -0.2) is 37.9 Å². The van der Waals surface area contributed by atoms with Gasteiger partial charge in [-0.1, -0.05) is 0 Å². The summed E-state index contributed by atoms with van der Waals surface area (Å²) in [5, 5.41) is 3.25. The van der Waals surface area contributed by atoms with E-state index in [0.29, 0.717) is 18.1 Å². The van der Waals surface area contributed by atoms with E-state index in [-0.39, 0.29) is 11.3 Å². The SMILES string of the molecule is CCO[C@@H]1C[C@@H](NC(=O)C2CC2)C12CCOCC2. The fraction of sp³-hybridized carbons (Fsp3) is 0.929. The smallest absolute Gasteiger partial charge is 0.223 e. The minimum atomic E-state index is 0.152. The predicted molar refractivity (Wildman–Crippen MR) is 67.2 cm³/mol. The van der Waals surface area contributed by atoms with Crippen molar-refractivity contribution in [3.8, 4) is 0 Å². The molecule has 0 aromatic rings. The first-order valence-corrected chi connectivity index (χ1v) is 7.26. The summed E-state index contributed by atoms with van der Waals surface area (Å²) in [6.45, 7) is 4.42. The van der Waals surface area contributed by atoms with E-state index in [1.54, 1.807) is 0 Å². The maximum atomic E-state index is 11.9. The van der Waals surface area contributed by atoms with Gasteiger partial charge in [-0.15, -0.1) is 0 Å². The van der Waals surface area contributed by atoms with Gasteiger partial charge in [-0.05, 0) is 39.0 Å². The van der Waals surface area contributed by atoms with Crippen molar-refractivity contribution in [1.29, 1.82) is 0 Å². The first-order chi connectivity index (χ1) is 8.76. The van der Waals surface area contributed by atoms with Gasteiger partial charge in [0.25, 0.3) is 0 Å². The Labute approximate surface area is 108 Å². The fourth-order valence-corrected chi connectivity index (χ4v) is 3.44. The van der Waals surface area contributed by atoms with E-state index in [0.717, 1.165) is 51.9 Å². The molecular formula is C14H23NO3. The average molecular weight is 253 g/mol. The third kappa shape index (κ3) is 2.05. The van der Waals surface area contributed by atoms with Gasteiger partial charge in [-0.2, -0.15) is 0 Å². The quantitative estimate of drug-likeness (QED) is 0.825. The normalized spacial score (nSPS) is 34.1. The summed E-state index contributed by atoms with van der Waals surface area (Å²) < 4.78 is 11.3. The molecule has 2 saturated carbocycles. The second-order valence-electron chi connectivity index (χ2n) is 5.86. The van der Waals surface area contributed by atoms with Crippen molar-refractivity contribution in [2.45, 2.75) is 51.2 Å². The molecule has 2 aliphatic carbocycles. The van der Waals surface area contributed by atoms with Crippen LogP contribution < -0.4 is 5.32 Å². The molecule has 102 valence electrons. The zero-order valence-electron chi connectivity index (χ0n) is 11.1. The number of hydrogen-bond acceptors (Lipinski definition) is 3. The van der Waals surface area contributed by atoms with E-state index < -0.39 is 0 Å². The highest BCUT2D eigenvalue weighted by molar-refractivity contribution is 5.81. The number of carbonyl (C=O) groups is 1. The van der Waals surface area contributed by atoms with Gasteiger partial charge in [-0.25, -0.2) is 0 Å². The van der Waals surface area contributed by atoms with Crippen LogP contribution in [0.1, 0.15) is 39.0 Å². The van der Waals surface area contributed by atoms with Gasteiger partial charge in [-0.3, -0.25) is 4.79 Å². The fourth-order valence-electron chi connectivity index (χ4n) is 3.44. The van der Waals surface area contributed by atoms with Gasteiger partial charge in [0.1, 0.15) is 0 Å². The average Bonchev–Trinajstić information content (AvgIpc) is 3.23. The number of hydrogen-bond donors (Lipinski definition) is 1. The number of amides is 1. The Hall–Kier alpha value is -0.610. The van der Waals surface area contributed by atoms with Crippen molar-refractivity contribution in [2.75, 3.05) is 19.8 Å². The summed E-state index contributed by atoms with van der Waals surface area (Å²) in [6.07, 6.45) is 5.48. The van der Waals surface area contributed by atoms with Crippen LogP contribution in [0.3, 0.4) is 0 Å². The summed E-state index contributed by atoms with van der Waals surface area (Å²) in [6, 6.07) is 0.311. The second-order valence-corrected chi connectivity index (χ2v) is 5.86. The molecule has 18 heavy (non-hydrogen) atoms. The zero-order valence-corrected chi connectivity index (χ0v) is 11.1. The molecule has 1 amide bonds. The van der Waals surface area contributed by atoms with Crippen molar-refractivity contribution in [3.63, 3.8) is 0 Å². The van der Waals surface area contributed by atoms with Crippen LogP contribution in [0, 0.1) is 11.3 Å². The van der Waals surface area contributed by atoms with Gasteiger partial charge >= 0.3 is 0 Å². The zero-order chi connectivity index (χ0) is 12.6. The van der Waals surface area contributed by atoms with Gasteiger partial charge in [0, 0.05) is 37.2 Å². The lowest BCUT2D eigenvalue weighted by molar-refractivity contribution is -0.176. The van der Waals surface area contributed by atoms with Crippen molar-refractivity contribution >= 4 is 5.91 Å². The van der Waals surface area contributed by atoms with E-state index >= 15 is 0 Å². The highest BCUT2D eigenvalue weighted by Gasteiger charge is 2.57. The summed E-state index contributed by atoms with van der Waals surface area (Å²) in [5.74, 6) is 0.564. The van der Waals surface area contributed by atoms with Crippen LogP contribution in [0.5, 0.6) is 0 Å². The monoisotopic (exact) mass is 253 g/mol. The Morgan fingerprint density at radius 2 is 2.11 bits per heavy atom. The molecule has 1 aliphatic heterocycles. The molecule has 0 bridgehead atoms. The molecule has 0 aromatic heterocycles. The van der Waals surface area contributed by atoms with E-state index in [4.69, 9.17) is 9.47 Å². The van der Waals surface area contributed by atoms with Crippen molar-refractivity contribution in [3.05, 3.63) is 0 Å². The molecule has 4 heteroatoms. The lowest BCUT2D eigenvalue weighted by atomic mass is 9.57. The van der Waals surface area contributed by atoms with Crippen LogP contribution in [0.25, 0.3) is 0 Å². The molecule has 0 radical (unpaired) electrons. The van der Waals surface area contributed by atoms with Gasteiger partial charge < -0.3 is 14.8 Å². The molecular weight excluding hydrogens is 230 g/mol. The van der Waals surface area contributed by atoms with Gasteiger partial charge in [0.2, 0.25) is 5.91 Å². The Balaban J connectivity index is 1.64. The first-order valence-electron chi connectivity index (χ1n) is 7.26. The lowest BCUT2D eigenvalue weighted by Crippen LogP contribution is -2.66. The molecule has 0 aromatic carbocycles. The van der Waals surface area contributed by atoms with Crippen LogP contribution in [-0.2, 0) is 14.3 Å². The third-order valence-corrected chi connectivity index (χ3v) is 4.84. The van der Waals surface area contributed by atoms with Crippen LogP contribution in [0.4, 0.5) is 0 Å². The molecule has 1 spiro atoms. The van der Waals surface area contributed by atoms with Gasteiger partial charge in [0.05, 0.1) is 6.10 Å². The van der Waals surface area contributed by atoms with E-state index in [1.807, 2.05) is 6.92 Å². The first kappa shape index (κ1) is 12.4. The highest BCUT2D eigenvalue weighted by Crippen LogP contribution is 2.51. The summed E-state index contributed by atoms with van der Waals surface area (Å²) in [5.41, 5.74) is 0.152. The molecule has 1 saturated heterocycles. The van der Waals surface area contributed by atoms with Crippen LogP contribution in [0.2, 0.25) is 0 Å². The maximum absolute atomic E-state index is 11.9. The number of rotatable bonds is 4. The summed E-state index contributed by atoms with van der Waals surface area (Å²) >= 11 is 0. The Kier molecular flexibility index (Phi) is 3.32. The predicted octanol–water partition coefficient (Wildman–Crippen LogP) is 1.49. The molecule has 1 N–H and O–H groups in total. The number of nitrogens with one attached hydrogen (secondary N) is 1. The molecule has 0 unspecified atom stereocenters. The van der Waals surface area contributed by atoms with Crippen molar-refractivity contribution in [1.82, 2.24) is 5.32 Å². The van der Waals surface area contributed by atoms with Crippen LogP contribution in [0.15, 0.2) is 0 Å². The van der Waals surface area contributed by atoms with E-state index in [9.17, 15) is 4.79 Å². The Bertz CT molecular complexity index is 321. The minimum absolute atomic E-state index is 0.152. The third-order valence-electron chi connectivity index (χ3n) is 4.84. The van der Waals surface area contributed by atoms with E-state index in [2.05, 4.69) is 5.32 Å². The standard InChI is InChI=1S/C14H23NO3/c1-2-18-12-9-11(15-13(16)10-3-4-10)14(12)5-7-17-8-6-14/h10-12H,2-9H2,1H3,(H,15,16)/t11-,12-/m1/s1. The largest absolute Gasteiger partial charge is 0.381 e. The molecule has 2 atom stereocenters. The molecule has 3 fully saturated rings. The second kappa shape index (κ2) is 4.82. The number of ether oxygens (including phenoxy) is 2. The Morgan fingerprint density at radius 3 is 2.72 bits per heavy atom. The molecule has 3 aliphatic rings. The van der Waals surface area contributed by atoms with Crippen molar-refractivity contribution < 1.29 is 14.3 Å². The molecule has 4 nitrogen and oxygen atoms in total. The number of carbonyl (C=O) groups excluding carboxylic acids is 1. The Morgan fingerprint density at radius 1 is 1.39 bits per heavy atom. The highest BCUT2D eigenvalue weighted by atomic mass is 16.5. The van der Waals surface area contributed by atoms with Crippen molar-refractivity contribution in [2.24, 2.45) is 11.3 Å². The van der Waals surface area contributed by atoms with Gasteiger partial charge in [0.15, 0.2) is 0 Å². The summed E-state index contributed by atoms with van der Waals surface area (Å²) in [4.78, 5) is 11.9. The topological polar surface area (TPSA) is 47.6 Å². The molecule has 3 rings (SSSR count). The molecule has 1 heterocycles. The van der Waals surface area contributed by atoms with Crippen LogP contribution >= 0.6 is 0 Å². The maximum Gasteiger partial charge on any atom is 0.223 e. The lowest BCUT2D eigenvalue weighted by Gasteiger charge is -2.57.